The van der Waals surface area contributed by atoms with Crippen LogP contribution in [0.1, 0.15) is 30.7 Å². The quantitative estimate of drug-likeness (QED) is 0.851. The van der Waals surface area contributed by atoms with Gasteiger partial charge in [-0.3, -0.25) is 4.79 Å². The Kier molecular flexibility index (Phi) is 3.13. The molecule has 86 valence electrons. The zero-order valence-electron chi connectivity index (χ0n) is 9.35. The third kappa shape index (κ3) is 2.03. The summed E-state index contributed by atoms with van der Waals surface area (Å²) in [5.74, 6) is 0.350. The highest BCUT2D eigenvalue weighted by Crippen LogP contribution is 2.41. The average molecular weight is 220 g/mol. The van der Waals surface area contributed by atoms with Gasteiger partial charge in [-0.05, 0) is 36.8 Å². The lowest BCUT2D eigenvalue weighted by Gasteiger charge is -2.14. The van der Waals surface area contributed by atoms with Gasteiger partial charge in [-0.25, -0.2) is 0 Å². The summed E-state index contributed by atoms with van der Waals surface area (Å²) in [5, 5.41) is 8.97. The van der Waals surface area contributed by atoms with Crippen LogP contribution in [-0.2, 0) is 4.79 Å². The van der Waals surface area contributed by atoms with Crippen LogP contribution in [0.4, 0.5) is 0 Å². The normalized spacial score (nSPS) is 24.3. The largest absolute Gasteiger partial charge is 0.496 e. The minimum absolute atomic E-state index is 0.185. The standard InChI is InChI=1S/C13H16O3/c1-16-12-5-3-2-4-11(12)9-6-7-10(8-9)13(14)15/h2-5,9-10H,6-8H2,1H3,(H,14,15). The van der Waals surface area contributed by atoms with E-state index in [0.717, 1.165) is 30.6 Å². The molecule has 3 nitrogen and oxygen atoms in total. The number of hydrogen-bond acceptors (Lipinski definition) is 2. The lowest BCUT2D eigenvalue weighted by molar-refractivity contribution is -0.141. The molecule has 0 amide bonds. The van der Waals surface area contributed by atoms with Crippen LogP contribution in [0.15, 0.2) is 24.3 Å². The van der Waals surface area contributed by atoms with E-state index in [0.29, 0.717) is 5.92 Å². The van der Waals surface area contributed by atoms with Crippen molar-refractivity contribution in [2.75, 3.05) is 7.11 Å². The fourth-order valence-electron chi connectivity index (χ4n) is 2.49. The van der Waals surface area contributed by atoms with Crippen molar-refractivity contribution < 1.29 is 14.6 Å². The van der Waals surface area contributed by atoms with E-state index in [9.17, 15) is 4.79 Å². The number of ether oxygens (including phenoxy) is 1. The fraction of sp³-hybridized carbons (Fsp3) is 0.462. The Morgan fingerprint density at radius 1 is 1.38 bits per heavy atom. The van der Waals surface area contributed by atoms with Gasteiger partial charge >= 0.3 is 5.97 Å². The number of rotatable bonds is 3. The van der Waals surface area contributed by atoms with Crippen molar-refractivity contribution >= 4 is 5.97 Å². The summed E-state index contributed by atoms with van der Waals surface area (Å²) in [7, 11) is 1.66. The summed E-state index contributed by atoms with van der Waals surface area (Å²) >= 11 is 0. The highest BCUT2D eigenvalue weighted by molar-refractivity contribution is 5.70. The zero-order chi connectivity index (χ0) is 11.5. The van der Waals surface area contributed by atoms with E-state index in [1.54, 1.807) is 7.11 Å². The van der Waals surface area contributed by atoms with Gasteiger partial charge in [-0.1, -0.05) is 18.2 Å². The van der Waals surface area contributed by atoms with Crippen LogP contribution in [0, 0.1) is 5.92 Å². The van der Waals surface area contributed by atoms with Gasteiger partial charge in [-0.2, -0.15) is 0 Å². The molecule has 0 radical (unpaired) electrons. The van der Waals surface area contributed by atoms with Gasteiger partial charge in [0, 0.05) is 0 Å². The first-order chi connectivity index (χ1) is 7.72. The predicted molar refractivity (Wildman–Crippen MR) is 60.7 cm³/mol. The van der Waals surface area contributed by atoms with E-state index in [2.05, 4.69) is 0 Å². The molecule has 0 heterocycles. The first kappa shape index (κ1) is 11.0. The Bertz CT molecular complexity index is 387. The van der Waals surface area contributed by atoms with E-state index < -0.39 is 5.97 Å². The monoisotopic (exact) mass is 220 g/mol. The Hall–Kier alpha value is -1.51. The Morgan fingerprint density at radius 2 is 2.12 bits per heavy atom. The summed E-state index contributed by atoms with van der Waals surface area (Å²) in [5.41, 5.74) is 1.15. The molecule has 1 aliphatic rings. The Morgan fingerprint density at radius 3 is 2.75 bits per heavy atom. The molecule has 1 fully saturated rings. The number of carbonyl (C=O) groups is 1. The molecular weight excluding hydrogens is 204 g/mol. The van der Waals surface area contributed by atoms with Crippen LogP contribution >= 0.6 is 0 Å². The summed E-state index contributed by atoms with van der Waals surface area (Å²) in [6, 6.07) is 7.88. The molecule has 0 aromatic heterocycles. The van der Waals surface area contributed by atoms with Gasteiger partial charge in [0.25, 0.3) is 0 Å². The maximum atomic E-state index is 10.9. The van der Waals surface area contributed by atoms with E-state index >= 15 is 0 Å². The van der Waals surface area contributed by atoms with E-state index in [4.69, 9.17) is 9.84 Å². The molecule has 0 aliphatic heterocycles. The highest BCUT2D eigenvalue weighted by Gasteiger charge is 2.31. The molecule has 1 aliphatic carbocycles. The molecule has 2 atom stereocenters. The SMILES string of the molecule is COc1ccccc1C1CCC(C(=O)O)C1. The number of benzene rings is 1. The fourth-order valence-corrected chi connectivity index (χ4v) is 2.49. The zero-order valence-corrected chi connectivity index (χ0v) is 9.35. The van der Waals surface area contributed by atoms with Crippen molar-refractivity contribution in [3.8, 4) is 5.75 Å². The second kappa shape index (κ2) is 4.56. The molecular formula is C13H16O3. The smallest absolute Gasteiger partial charge is 0.306 e. The number of aliphatic carboxylic acids is 1. The van der Waals surface area contributed by atoms with Crippen LogP contribution in [-0.4, -0.2) is 18.2 Å². The van der Waals surface area contributed by atoms with Gasteiger partial charge in [0.1, 0.15) is 5.75 Å². The lowest BCUT2D eigenvalue weighted by Crippen LogP contribution is -2.09. The number of para-hydroxylation sites is 1. The number of carboxylic acids is 1. The number of methoxy groups -OCH3 is 1. The molecule has 0 saturated heterocycles. The summed E-state index contributed by atoms with van der Waals surface area (Å²) in [6.45, 7) is 0. The molecule has 16 heavy (non-hydrogen) atoms. The third-order valence-corrected chi connectivity index (χ3v) is 3.36. The number of carboxylic acid groups (broad SMARTS) is 1. The van der Waals surface area contributed by atoms with Crippen molar-refractivity contribution in [2.24, 2.45) is 5.92 Å². The summed E-state index contributed by atoms with van der Waals surface area (Å²) < 4.78 is 5.31. The van der Waals surface area contributed by atoms with Gasteiger partial charge in [0.05, 0.1) is 13.0 Å². The Labute approximate surface area is 95.0 Å². The second-order valence-corrected chi connectivity index (χ2v) is 4.29. The van der Waals surface area contributed by atoms with Crippen molar-refractivity contribution in [3.63, 3.8) is 0 Å². The topological polar surface area (TPSA) is 46.5 Å². The molecule has 0 spiro atoms. The summed E-state index contributed by atoms with van der Waals surface area (Å²) in [6.07, 6.45) is 2.45. The molecule has 2 unspecified atom stereocenters. The van der Waals surface area contributed by atoms with E-state index in [-0.39, 0.29) is 5.92 Å². The average Bonchev–Trinajstić information content (AvgIpc) is 2.78. The molecule has 3 heteroatoms. The summed E-state index contributed by atoms with van der Waals surface area (Å²) in [4.78, 5) is 10.9. The highest BCUT2D eigenvalue weighted by atomic mass is 16.5. The van der Waals surface area contributed by atoms with Crippen LogP contribution in [0.2, 0.25) is 0 Å². The van der Waals surface area contributed by atoms with Crippen molar-refractivity contribution in [1.82, 2.24) is 0 Å². The van der Waals surface area contributed by atoms with Gasteiger partial charge in [0.2, 0.25) is 0 Å². The van der Waals surface area contributed by atoms with Crippen LogP contribution < -0.4 is 4.74 Å². The van der Waals surface area contributed by atoms with Crippen LogP contribution in [0.5, 0.6) is 5.75 Å². The maximum absolute atomic E-state index is 10.9. The molecule has 0 bridgehead atoms. The maximum Gasteiger partial charge on any atom is 0.306 e. The van der Waals surface area contributed by atoms with Crippen LogP contribution in [0.25, 0.3) is 0 Å². The predicted octanol–water partition coefficient (Wildman–Crippen LogP) is 2.66. The molecule has 2 rings (SSSR count). The van der Waals surface area contributed by atoms with Gasteiger partial charge < -0.3 is 9.84 Å². The molecule has 1 aromatic carbocycles. The van der Waals surface area contributed by atoms with Crippen molar-refractivity contribution in [2.45, 2.75) is 25.2 Å². The van der Waals surface area contributed by atoms with E-state index in [1.165, 1.54) is 0 Å². The Balaban J connectivity index is 2.17. The minimum Gasteiger partial charge on any atom is -0.496 e. The van der Waals surface area contributed by atoms with Crippen molar-refractivity contribution in [1.29, 1.82) is 0 Å². The van der Waals surface area contributed by atoms with Gasteiger partial charge in [-0.15, -0.1) is 0 Å². The first-order valence-electron chi connectivity index (χ1n) is 5.58. The van der Waals surface area contributed by atoms with Gasteiger partial charge in [0.15, 0.2) is 0 Å². The molecule has 1 saturated carbocycles. The van der Waals surface area contributed by atoms with E-state index in [1.807, 2.05) is 24.3 Å². The minimum atomic E-state index is -0.669. The van der Waals surface area contributed by atoms with Crippen LogP contribution in [0.3, 0.4) is 0 Å². The first-order valence-corrected chi connectivity index (χ1v) is 5.58. The number of hydrogen-bond donors (Lipinski definition) is 1. The molecule has 1 aromatic rings. The second-order valence-electron chi connectivity index (χ2n) is 4.29. The molecule has 1 N–H and O–H groups in total. The third-order valence-electron chi connectivity index (χ3n) is 3.36. The van der Waals surface area contributed by atoms with Crippen molar-refractivity contribution in [3.05, 3.63) is 29.8 Å². The lowest BCUT2D eigenvalue weighted by atomic mass is 9.95.